The minimum absolute atomic E-state index is 0.219. The summed E-state index contributed by atoms with van der Waals surface area (Å²) in [5.41, 5.74) is 1.24. The molecule has 2 amide bonds. The average Bonchev–Trinajstić information content (AvgIpc) is 3.14. The maximum absolute atomic E-state index is 12.7. The zero-order valence-electron chi connectivity index (χ0n) is 12.9. The second-order valence-electron chi connectivity index (χ2n) is 5.60. The van der Waals surface area contributed by atoms with Crippen molar-refractivity contribution in [2.24, 2.45) is 0 Å². The van der Waals surface area contributed by atoms with Crippen LogP contribution in [-0.4, -0.2) is 34.3 Å². The number of anilines is 1. The van der Waals surface area contributed by atoms with Crippen molar-refractivity contribution in [2.45, 2.75) is 25.8 Å². The number of carbonyl (C=O) groups excluding carboxylic acids is 2. The molecule has 2 aromatic rings. The number of aryl methyl sites for hydroxylation is 1. The Morgan fingerprint density at radius 1 is 1.29 bits per heavy atom. The number of amides is 2. The molecule has 1 atom stereocenters. The van der Waals surface area contributed by atoms with E-state index in [1.54, 1.807) is 23.1 Å². The van der Waals surface area contributed by atoms with Crippen LogP contribution in [0.2, 0.25) is 10.0 Å². The van der Waals surface area contributed by atoms with Crippen LogP contribution in [0, 0.1) is 6.92 Å². The number of aromatic nitrogens is 1. The Morgan fingerprint density at radius 3 is 2.62 bits per heavy atom. The molecular weight excluding hydrogens is 369 g/mol. The Balaban J connectivity index is 1.77. The van der Waals surface area contributed by atoms with Crippen molar-refractivity contribution in [3.05, 3.63) is 44.9 Å². The van der Waals surface area contributed by atoms with Crippen LogP contribution in [0.3, 0.4) is 0 Å². The first-order valence-corrected chi connectivity index (χ1v) is 9.07. The van der Waals surface area contributed by atoms with E-state index >= 15 is 0 Å². The lowest BCUT2D eigenvalue weighted by atomic mass is 10.1. The van der Waals surface area contributed by atoms with E-state index in [9.17, 15) is 9.59 Å². The van der Waals surface area contributed by atoms with Gasteiger partial charge in [0.15, 0.2) is 5.13 Å². The van der Waals surface area contributed by atoms with Gasteiger partial charge in [-0.15, -0.1) is 11.3 Å². The summed E-state index contributed by atoms with van der Waals surface area (Å²) in [6, 6.07) is 4.18. The third-order valence-corrected chi connectivity index (χ3v) is 5.09. The van der Waals surface area contributed by atoms with E-state index in [4.69, 9.17) is 23.2 Å². The smallest absolute Gasteiger partial charge is 0.254 e. The van der Waals surface area contributed by atoms with Gasteiger partial charge < -0.3 is 10.2 Å². The summed E-state index contributed by atoms with van der Waals surface area (Å²) in [4.78, 5) is 31.0. The molecule has 8 heteroatoms. The summed E-state index contributed by atoms with van der Waals surface area (Å²) in [7, 11) is 0. The Kier molecular flexibility index (Phi) is 5.08. The molecule has 0 unspecified atom stereocenters. The van der Waals surface area contributed by atoms with Gasteiger partial charge in [-0.05, 0) is 38.0 Å². The van der Waals surface area contributed by atoms with Crippen LogP contribution in [0.4, 0.5) is 5.13 Å². The first kappa shape index (κ1) is 17.2. The third kappa shape index (κ3) is 3.71. The largest absolute Gasteiger partial charge is 0.327 e. The number of rotatable bonds is 3. The van der Waals surface area contributed by atoms with Gasteiger partial charge >= 0.3 is 0 Å². The molecule has 1 N–H and O–H groups in total. The number of hydrogen-bond donors (Lipinski definition) is 1. The van der Waals surface area contributed by atoms with Gasteiger partial charge in [-0.25, -0.2) is 4.98 Å². The molecule has 1 fully saturated rings. The topological polar surface area (TPSA) is 62.3 Å². The monoisotopic (exact) mass is 383 g/mol. The maximum Gasteiger partial charge on any atom is 0.254 e. The van der Waals surface area contributed by atoms with Crippen molar-refractivity contribution in [1.82, 2.24) is 9.88 Å². The molecule has 3 rings (SSSR count). The van der Waals surface area contributed by atoms with E-state index in [0.717, 1.165) is 12.1 Å². The lowest BCUT2D eigenvalue weighted by Gasteiger charge is -2.23. The zero-order valence-corrected chi connectivity index (χ0v) is 15.2. The number of thiazole rings is 1. The van der Waals surface area contributed by atoms with Crippen LogP contribution in [0.15, 0.2) is 23.6 Å². The van der Waals surface area contributed by atoms with Gasteiger partial charge in [0, 0.05) is 27.5 Å². The fourth-order valence-electron chi connectivity index (χ4n) is 2.73. The SMILES string of the molecule is Cc1csc(NC(=O)[C@@H]2CCCN2C(=O)c2cc(Cl)cc(Cl)c2)n1. The fraction of sp³-hybridized carbons (Fsp3) is 0.312. The Bertz CT molecular complexity index is 773. The highest BCUT2D eigenvalue weighted by molar-refractivity contribution is 7.13. The van der Waals surface area contributed by atoms with Crippen LogP contribution in [0.1, 0.15) is 28.9 Å². The molecule has 0 spiro atoms. The Morgan fingerprint density at radius 2 is 2.00 bits per heavy atom. The van der Waals surface area contributed by atoms with E-state index in [-0.39, 0.29) is 11.8 Å². The highest BCUT2D eigenvalue weighted by Crippen LogP contribution is 2.25. The minimum atomic E-state index is -0.514. The van der Waals surface area contributed by atoms with Gasteiger partial charge in [0.2, 0.25) is 5.91 Å². The van der Waals surface area contributed by atoms with Crippen molar-refractivity contribution in [2.75, 3.05) is 11.9 Å². The molecule has 0 radical (unpaired) electrons. The molecule has 1 aliphatic heterocycles. The van der Waals surface area contributed by atoms with Gasteiger partial charge in [0.1, 0.15) is 6.04 Å². The second kappa shape index (κ2) is 7.09. The lowest BCUT2D eigenvalue weighted by molar-refractivity contribution is -0.119. The van der Waals surface area contributed by atoms with E-state index < -0.39 is 6.04 Å². The van der Waals surface area contributed by atoms with Crippen LogP contribution in [0.25, 0.3) is 0 Å². The summed E-state index contributed by atoms with van der Waals surface area (Å²) in [5.74, 6) is -0.462. The van der Waals surface area contributed by atoms with E-state index in [0.29, 0.717) is 33.7 Å². The second-order valence-corrected chi connectivity index (χ2v) is 7.33. The standard InChI is InChI=1S/C16H15Cl2N3O2S/c1-9-8-24-16(19-9)20-14(22)13-3-2-4-21(13)15(23)10-5-11(17)7-12(18)6-10/h5-8,13H,2-4H2,1H3,(H,19,20,22)/t13-/m0/s1. The van der Waals surface area contributed by atoms with E-state index in [2.05, 4.69) is 10.3 Å². The number of nitrogens with one attached hydrogen (secondary N) is 1. The highest BCUT2D eigenvalue weighted by Gasteiger charge is 2.35. The van der Waals surface area contributed by atoms with Crippen molar-refractivity contribution in [3.8, 4) is 0 Å². The molecule has 0 aliphatic carbocycles. The van der Waals surface area contributed by atoms with Crippen LogP contribution >= 0.6 is 34.5 Å². The molecule has 126 valence electrons. The number of halogens is 2. The first-order chi connectivity index (χ1) is 11.4. The molecule has 1 aromatic carbocycles. The molecule has 5 nitrogen and oxygen atoms in total. The van der Waals surface area contributed by atoms with Crippen LogP contribution in [0.5, 0.6) is 0 Å². The van der Waals surface area contributed by atoms with Gasteiger partial charge in [-0.3, -0.25) is 9.59 Å². The molecule has 2 heterocycles. The third-order valence-electron chi connectivity index (χ3n) is 3.77. The molecule has 0 saturated carbocycles. The number of likely N-dealkylation sites (tertiary alicyclic amines) is 1. The summed E-state index contributed by atoms with van der Waals surface area (Å²) in [5, 5.41) is 5.98. The Labute approximate surface area is 153 Å². The van der Waals surface area contributed by atoms with Crippen LogP contribution in [-0.2, 0) is 4.79 Å². The predicted molar refractivity (Wildman–Crippen MR) is 96.0 cm³/mol. The number of nitrogens with zero attached hydrogens (tertiary/aromatic N) is 2. The van der Waals surface area contributed by atoms with Crippen molar-refractivity contribution in [1.29, 1.82) is 0 Å². The highest BCUT2D eigenvalue weighted by atomic mass is 35.5. The molecule has 24 heavy (non-hydrogen) atoms. The molecule has 1 saturated heterocycles. The van der Waals surface area contributed by atoms with Gasteiger partial charge in [-0.2, -0.15) is 0 Å². The summed E-state index contributed by atoms with van der Waals surface area (Å²) in [6.45, 7) is 2.39. The van der Waals surface area contributed by atoms with Gasteiger partial charge in [0.25, 0.3) is 5.91 Å². The predicted octanol–water partition coefficient (Wildman–Crippen LogP) is 4.00. The summed E-state index contributed by atoms with van der Waals surface area (Å²) >= 11 is 13.3. The summed E-state index contributed by atoms with van der Waals surface area (Å²) in [6.07, 6.45) is 1.39. The average molecular weight is 384 g/mol. The lowest BCUT2D eigenvalue weighted by Crippen LogP contribution is -2.43. The fourth-order valence-corrected chi connectivity index (χ4v) is 3.94. The van der Waals surface area contributed by atoms with Crippen molar-refractivity contribution < 1.29 is 9.59 Å². The number of hydrogen-bond acceptors (Lipinski definition) is 4. The first-order valence-electron chi connectivity index (χ1n) is 7.44. The Hall–Kier alpha value is -1.63. The minimum Gasteiger partial charge on any atom is -0.327 e. The summed E-state index contributed by atoms with van der Waals surface area (Å²) < 4.78 is 0. The van der Waals surface area contributed by atoms with Crippen LogP contribution < -0.4 is 5.32 Å². The number of carbonyl (C=O) groups is 2. The molecule has 1 aromatic heterocycles. The van der Waals surface area contributed by atoms with Gasteiger partial charge in [0.05, 0.1) is 5.69 Å². The molecule has 0 bridgehead atoms. The number of benzene rings is 1. The van der Waals surface area contributed by atoms with E-state index in [1.165, 1.54) is 11.3 Å². The van der Waals surface area contributed by atoms with E-state index in [1.807, 2.05) is 12.3 Å². The van der Waals surface area contributed by atoms with Gasteiger partial charge in [-0.1, -0.05) is 23.2 Å². The van der Waals surface area contributed by atoms with Crippen molar-refractivity contribution >= 4 is 51.5 Å². The van der Waals surface area contributed by atoms with Crippen molar-refractivity contribution in [3.63, 3.8) is 0 Å². The normalized spacial score (nSPS) is 17.1. The molecule has 1 aliphatic rings. The quantitative estimate of drug-likeness (QED) is 0.870. The zero-order chi connectivity index (χ0) is 17.3. The molecular formula is C16H15Cl2N3O2S. The maximum atomic E-state index is 12.7.